The molecule has 1 atom stereocenters. The third-order valence-electron chi connectivity index (χ3n) is 4.00. The SMILES string of the molecule is CCC(CNC(=O)Nc1c(F)cccc1F)(OC)c1ccccc1. The van der Waals surface area contributed by atoms with E-state index in [1.165, 1.54) is 6.07 Å². The monoisotopic (exact) mass is 334 g/mol. The largest absolute Gasteiger partial charge is 0.372 e. The highest BCUT2D eigenvalue weighted by Crippen LogP contribution is 2.28. The Labute approximate surface area is 139 Å². The van der Waals surface area contributed by atoms with E-state index >= 15 is 0 Å². The van der Waals surface area contributed by atoms with Crippen molar-refractivity contribution in [2.45, 2.75) is 18.9 Å². The highest BCUT2D eigenvalue weighted by Gasteiger charge is 2.30. The predicted octanol–water partition coefficient (Wildman–Crippen LogP) is 4.04. The first-order valence-electron chi connectivity index (χ1n) is 7.62. The summed E-state index contributed by atoms with van der Waals surface area (Å²) in [6.45, 7) is 2.10. The Morgan fingerprint density at radius 3 is 2.25 bits per heavy atom. The maximum atomic E-state index is 13.6. The van der Waals surface area contributed by atoms with Crippen molar-refractivity contribution in [2.75, 3.05) is 19.0 Å². The van der Waals surface area contributed by atoms with Crippen molar-refractivity contribution in [3.05, 3.63) is 65.7 Å². The molecule has 0 aromatic heterocycles. The Balaban J connectivity index is 2.08. The Kier molecular flexibility index (Phi) is 5.87. The minimum absolute atomic E-state index is 0.159. The molecule has 0 aliphatic heterocycles. The molecule has 6 heteroatoms. The number of hydrogen-bond donors (Lipinski definition) is 2. The number of halogens is 2. The van der Waals surface area contributed by atoms with E-state index in [-0.39, 0.29) is 6.54 Å². The van der Waals surface area contributed by atoms with Crippen molar-refractivity contribution < 1.29 is 18.3 Å². The Bertz CT molecular complexity index is 668. The first-order chi connectivity index (χ1) is 11.5. The van der Waals surface area contributed by atoms with Gasteiger partial charge in [0.25, 0.3) is 0 Å². The third-order valence-corrected chi connectivity index (χ3v) is 4.00. The van der Waals surface area contributed by atoms with Crippen molar-refractivity contribution in [2.24, 2.45) is 0 Å². The van der Waals surface area contributed by atoms with Gasteiger partial charge in [-0.2, -0.15) is 0 Å². The minimum atomic E-state index is -0.832. The lowest BCUT2D eigenvalue weighted by atomic mass is 9.91. The molecule has 0 heterocycles. The van der Waals surface area contributed by atoms with Crippen LogP contribution in [0.4, 0.5) is 19.3 Å². The molecule has 0 fully saturated rings. The number of rotatable bonds is 6. The number of nitrogens with one attached hydrogen (secondary N) is 2. The number of carbonyl (C=O) groups excluding carboxylic acids is 1. The van der Waals surface area contributed by atoms with Gasteiger partial charge in [-0.1, -0.05) is 43.3 Å². The van der Waals surface area contributed by atoms with Crippen LogP contribution in [0.25, 0.3) is 0 Å². The molecular weight excluding hydrogens is 314 g/mol. The molecule has 2 aromatic rings. The van der Waals surface area contributed by atoms with Gasteiger partial charge in [-0.05, 0) is 24.1 Å². The number of anilines is 1. The van der Waals surface area contributed by atoms with Crippen LogP contribution < -0.4 is 10.6 Å². The molecule has 1 unspecified atom stereocenters. The van der Waals surface area contributed by atoms with Gasteiger partial charge in [-0.25, -0.2) is 13.6 Å². The lowest BCUT2D eigenvalue weighted by Gasteiger charge is -2.32. The molecule has 2 rings (SSSR count). The number of methoxy groups -OCH3 is 1. The molecule has 128 valence electrons. The van der Waals surface area contributed by atoms with Gasteiger partial charge < -0.3 is 15.4 Å². The Morgan fingerprint density at radius 1 is 1.08 bits per heavy atom. The van der Waals surface area contributed by atoms with Crippen LogP contribution in [0.5, 0.6) is 0 Å². The van der Waals surface area contributed by atoms with E-state index in [2.05, 4.69) is 10.6 Å². The van der Waals surface area contributed by atoms with Gasteiger partial charge in [0.1, 0.15) is 22.9 Å². The summed E-state index contributed by atoms with van der Waals surface area (Å²) in [5, 5.41) is 4.81. The zero-order valence-electron chi connectivity index (χ0n) is 13.6. The van der Waals surface area contributed by atoms with Crippen LogP contribution in [0.2, 0.25) is 0 Å². The van der Waals surface area contributed by atoms with Crippen molar-refractivity contribution >= 4 is 11.7 Å². The summed E-state index contributed by atoms with van der Waals surface area (Å²) in [4.78, 5) is 12.0. The zero-order chi connectivity index (χ0) is 17.6. The van der Waals surface area contributed by atoms with E-state index in [1.54, 1.807) is 7.11 Å². The fourth-order valence-corrected chi connectivity index (χ4v) is 2.51. The molecule has 0 spiro atoms. The summed E-state index contributed by atoms with van der Waals surface area (Å²) in [6.07, 6.45) is 0.613. The second kappa shape index (κ2) is 7.88. The number of carbonyl (C=O) groups is 1. The number of hydrogen-bond acceptors (Lipinski definition) is 2. The van der Waals surface area contributed by atoms with Crippen molar-refractivity contribution in [1.29, 1.82) is 0 Å². The van der Waals surface area contributed by atoms with Crippen LogP contribution in [-0.4, -0.2) is 19.7 Å². The van der Waals surface area contributed by atoms with E-state index in [1.807, 2.05) is 37.3 Å². The summed E-state index contributed by atoms with van der Waals surface area (Å²) in [5.41, 5.74) is -0.284. The molecule has 0 bridgehead atoms. The lowest BCUT2D eigenvalue weighted by Crippen LogP contribution is -2.43. The molecule has 2 amide bonds. The van der Waals surface area contributed by atoms with Gasteiger partial charge in [-0.3, -0.25) is 0 Å². The van der Waals surface area contributed by atoms with E-state index in [0.29, 0.717) is 6.42 Å². The number of amides is 2. The average molecular weight is 334 g/mol. The van der Waals surface area contributed by atoms with Gasteiger partial charge in [0.05, 0.1) is 6.54 Å². The zero-order valence-corrected chi connectivity index (χ0v) is 13.6. The quantitative estimate of drug-likeness (QED) is 0.838. The van der Waals surface area contributed by atoms with E-state index in [9.17, 15) is 13.6 Å². The maximum Gasteiger partial charge on any atom is 0.319 e. The van der Waals surface area contributed by atoms with Crippen LogP contribution >= 0.6 is 0 Å². The maximum absolute atomic E-state index is 13.6. The topological polar surface area (TPSA) is 50.4 Å². The van der Waals surface area contributed by atoms with Crippen LogP contribution in [0, 0.1) is 11.6 Å². The van der Waals surface area contributed by atoms with Gasteiger partial charge in [-0.15, -0.1) is 0 Å². The van der Waals surface area contributed by atoms with Gasteiger partial charge in [0.15, 0.2) is 0 Å². The second-order valence-electron chi connectivity index (χ2n) is 5.32. The summed E-state index contributed by atoms with van der Waals surface area (Å²) in [6, 6.07) is 12.1. The summed E-state index contributed by atoms with van der Waals surface area (Å²) in [7, 11) is 1.56. The standard InChI is InChI=1S/C18H20F2N2O2/c1-3-18(24-2,13-8-5-4-6-9-13)12-21-17(23)22-16-14(19)10-7-11-15(16)20/h4-11H,3,12H2,1-2H3,(H2,21,22,23). The molecule has 2 aromatic carbocycles. The second-order valence-corrected chi connectivity index (χ2v) is 5.32. The predicted molar refractivity (Wildman–Crippen MR) is 88.8 cm³/mol. The van der Waals surface area contributed by atoms with E-state index in [0.717, 1.165) is 17.7 Å². The molecular formula is C18H20F2N2O2. The smallest absolute Gasteiger partial charge is 0.319 e. The van der Waals surface area contributed by atoms with Crippen molar-refractivity contribution in [3.63, 3.8) is 0 Å². The van der Waals surface area contributed by atoms with Gasteiger partial charge >= 0.3 is 6.03 Å². The molecule has 0 radical (unpaired) electrons. The number of ether oxygens (including phenoxy) is 1. The normalized spacial score (nSPS) is 13.2. The van der Waals surface area contributed by atoms with E-state index in [4.69, 9.17) is 4.74 Å². The Morgan fingerprint density at radius 2 is 1.71 bits per heavy atom. The molecule has 4 nitrogen and oxygen atoms in total. The van der Waals surface area contributed by atoms with Crippen molar-refractivity contribution in [3.8, 4) is 0 Å². The van der Waals surface area contributed by atoms with Gasteiger partial charge in [0, 0.05) is 7.11 Å². The van der Waals surface area contributed by atoms with Crippen LogP contribution in [0.3, 0.4) is 0 Å². The van der Waals surface area contributed by atoms with Crippen LogP contribution in [-0.2, 0) is 10.3 Å². The summed E-state index contributed by atoms with van der Waals surface area (Å²) in [5.74, 6) is -1.66. The molecule has 0 aliphatic rings. The summed E-state index contributed by atoms with van der Waals surface area (Å²) < 4.78 is 32.8. The fraction of sp³-hybridized carbons (Fsp3) is 0.278. The molecule has 0 aliphatic carbocycles. The first kappa shape index (κ1) is 17.9. The number of benzene rings is 2. The molecule has 24 heavy (non-hydrogen) atoms. The number of para-hydroxylation sites is 1. The molecule has 2 N–H and O–H groups in total. The summed E-state index contributed by atoms with van der Waals surface area (Å²) >= 11 is 0. The third kappa shape index (κ3) is 3.89. The van der Waals surface area contributed by atoms with Crippen LogP contribution in [0.15, 0.2) is 48.5 Å². The average Bonchev–Trinajstić information content (AvgIpc) is 2.60. The van der Waals surface area contributed by atoms with E-state index < -0.39 is 29.0 Å². The highest BCUT2D eigenvalue weighted by molar-refractivity contribution is 5.89. The first-order valence-corrected chi connectivity index (χ1v) is 7.62. The lowest BCUT2D eigenvalue weighted by molar-refractivity contribution is -0.0149. The minimum Gasteiger partial charge on any atom is -0.372 e. The van der Waals surface area contributed by atoms with Gasteiger partial charge in [0.2, 0.25) is 0 Å². The molecule has 0 saturated heterocycles. The van der Waals surface area contributed by atoms with Crippen LogP contribution in [0.1, 0.15) is 18.9 Å². The Hall–Kier alpha value is -2.47. The molecule has 0 saturated carbocycles. The highest BCUT2D eigenvalue weighted by atomic mass is 19.1. The van der Waals surface area contributed by atoms with Crippen molar-refractivity contribution in [1.82, 2.24) is 5.32 Å². The fourth-order valence-electron chi connectivity index (χ4n) is 2.51. The number of urea groups is 1.